The maximum atomic E-state index is 14.1. The lowest BCUT2D eigenvalue weighted by molar-refractivity contribution is -0.181. The quantitative estimate of drug-likeness (QED) is 0.531. The zero-order valence-corrected chi connectivity index (χ0v) is 22.4. The first-order chi connectivity index (χ1) is 15.4. The summed E-state index contributed by atoms with van der Waals surface area (Å²) in [5.74, 6) is -2.20. The van der Waals surface area contributed by atoms with E-state index in [1.165, 1.54) is 0 Å². The molecule has 188 valence electrons. The molecule has 8 atom stereocenters. The highest BCUT2D eigenvalue weighted by molar-refractivity contribution is 6.02. The van der Waals surface area contributed by atoms with E-state index in [4.69, 9.17) is 0 Å². The third kappa shape index (κ3) is 2.68. The van der Waals surface area contributed by atoms with E-state index in [-0.39, 0.29) is 39.1 Å². The Balaban J connectivity index is 1.77. The molecule has 6 aliphatic rings. The molecule has 0 aliphatic heterocycles. The van der Waals surface area contributed by atoms with Crippen molar-refractivity contribution in [1.29, 1.82) is 0 Å². The van der Waals surface area contributed by atoms with Crippen molar-refractivity contribution in [2.75, 3.05) is 0 Å². The normalized spacial score (nSPS) is 51.4. The van der Waals surface area contributed by atoms with Crippen molar-refractivity contribution in [1.82, 2.24) is 0 Å². The van der Waals surface area contributed by atoms with Crippen LogP contribution in [0.25, 0.3) is 0 Å². The molecule has 0 aromatic rings. The topological polar surface area (TPSA) is 74.6 Å². The van der Waals surface area contributed by atoms with Crippen LogP contribution in [0.4, 0.5) is 0 Å². The number of carbonyl (C=O) groups is 2. The Hall–Kier alpha value is -1.26. The Morgan fingerprint density at radius 2 is 1.24 bits per heavy atom. The van der Waals surface area contributed by atoms with E-state index in [1.807, 2.05) is 0 Å². The second-order valence-corrected chi connectivity index (χ2v) is 14.4. The lowest BCUT2D eigenvalue weighted by atomic mass is 9.41. The zero-order valence-electron chi connectivity index (χ0n) is 22.4. The molecule has 2 bridgehead atoms. The lowest BCUT2D eigenvalue weighted by Gasteiger charge is -2.63. The highest BCUT2D eigenvalue weighted by Gasteiger charge is 2.70. The minimum atomic E-state index is -1.60. The van der Waals surface area contributed by atoms with Gasteiger partial charge in [0, 0.05) is 23.7 Å². The molecule has 0 radical (unpaired) electrons. The molecule has 0 heterocycles. The maximum absolute atomic E-state index is 14.1. The SMILES string of the molecule is CC1(C)CCC[C@@]1(C)C1=C[C@@H]2[C@H]3[C@H](C([C@]4(C)CCCC4(C)C)=CC(=O)[C@@]3(C)O)[C@H]1C(=O)[C@@]2(C)O. The smallest absolute Gasteiger partial charge is 0.187 e. The second kappa shape index (κ2) is 6.73. The summed E-state index contributed by atoms with van der Waals surface area (Å²) in [5, 5.41) is 23.2. The molecule has 3 saturated carbocycles. The van der Waals surface area contributed by atoms with Crippen LogP contribution < -0.4 is 0 Å². The summed E-state index contributed by atoms with van der Waals surface area (Å²) >= 11 is 0. The third-order valence-electron chi connectivity index (χ3n) is 12.3. The minimum absolute atomic E-state index is 0.00444. The van der Waals surface area contributed by atoms with Gasteiger partial charge in [-0.3, -0.25) is 9.59 Å². The minimum Gasteiger partial charge on any atom is -0.382 e. The molecule has 0 unspecified atom stereocenters. The first-order valence-electron chi connectivity index (χ1n) is 13.4. The molecule has 0 amide bonds. The Morgan fingerprint density at radius 3 is 1.71 bits per heavy atom. The van der Waals surface area contributed by atoms with Gasteiger partial charge in [0.1, 0.15) is 11.2 Å². The number of rotatable bonds is 2. The molecule has 6 aliphatic carbocycles. The number of carbonyl (C=O) groups excluding carboxylic acids is 2. The fourth-order valence-electron chi connectivity index (χ4n) is 9.06. The highest BCUT2D eigenvalue weighted by Crippen LogP contribution is 2.70. The Labute approximate surface area is 205 Å². The van der Waals surface area contributed by atoms with Gasteiger partial charge >= 0.3 is 0 Å². The van der Waals surface area contributed by atoms with Crippen LogP contribution in [0.1, 0.15) is 93.9 Å². The van der Waals surface area contributed by atoms with E-state index in [9.17, 15) is 19.8 Å². The molecule has 34 heavy (non-hydrogen) atoms. The summed E-state index contributed by atoms with van der Waals surface area (Å²) < 4.78 is 0. The van der Waals surface area contributed by atoms with Gasteiger partial charge in [-0.2, -0.15) is 0 Å². The van der Waals surface area contributed by atoms with E-state index in [2.05, 4.69) is 47.6 Å². The fourth-order valence-corrected chi connectivity index (χ4v) is 9.06. The average molecular weight is 469 g/mol. The van der Waals surface area contributed by atoms with E-state index in [1.54, 1.807) is 19.9 Å². The van der Waals surface area contributed by atoms with Crippen LogP contribution in [0.15, 0.2) is 23.3 Å². The molecule has 0 saturated heterocycles. The average Bonchev–Trinajstić information content (AvgIpc) is 3.16. The van der Waals surface area contributed by atoms with E-state index >= 15 is 0 Å². The standard InChI is InChI=1S/C30H44O4/c1-25(2)11-9-13-27(25,5)17-15-19-23-21(22(17)24(32)29(19,7)33)18(16-20(31)30(23,8)34)28(6)14-10-12-26(28,3)4/h15-16,19,21-23,33-34H,9-14H2,1-8H3/t19-,21-,22+,23+,27+,28+,29+,30-/m1/s1. The fraction of sp³-hybridized carbons (Fsp3) is 0.800. The molecule has 3 fully saturated rings. The number of allylic oxidation sites excluding steroid dienone is 2. The summed E-state index contributed by atoms with van der Waals surface area (Å²) in [6, 6.07) is 0. The first-order valence-corrected chi connectivity index (χ1v) is 13.4. The molecule has 4 heteroatoms. The van der Waals surface area contributed by atoms with E-state index in [0.717, 1.165) is 49.7 Å². The van der Waals surface area contributed by atoms with Crippen molar-refractivity contribution >= 4 is 11.6 Å². The Morgan fingerprint density at radius 1 is 0.735 bits per heavy atom. The molecule has 0 aromatic heterocycles. The predicted octanol–water partition coefficient (Wildman–Crippen LogP) is 5.42. The van der Waals surface area contributed by atoms with Crippen molar-refractivity contribution in [3.05, 3.63) is 23.3 Å². The molecular formula is C30H44O4. The summed E-state index contributed by atoms with van der Waals surface area (Å²) in [6.07, 6.45) is 10.3. The summed E-state index contributed by atoms with van der Waals surface area (Å²) in [7, 11) is 0. The van der Waals surface area contributed by atoms with E-state index in [0.29, 0.717) is 0 Å². The Bertz CT molecular complexity index is 1020. The number of ketones is 2. The molecule has 4 nitrogen and oxygen atoms in total. The van der Waals surface area contributed by atoms with Crippen molar-refractivity contribution in [3.8, 4) is 0 Å². The van der Waals surface area contributed by atoms with Crippen LogP contribution in [0.5, 0.6) is 0 Å². The molecular weight excluding hydrogens is 424 g/mol. The van der Waals surface area contributed by atoms with Gasteiger partial charge in [-0.15, -0.1) is 0 Å². The molecule has 6 rings (SSSR count). The van der Waals surface area contributed by atoms with Crippen LogP contribution in [0.3, 0.4) is 0 Å². The lowest BCUT2D eigenvalue weighted by Crippen LogP contribution is -2.69. The van der Waals surface area contributed by atoms with Gasteiger partial charge in [0.25, 0.3) is 0 Å². The van der Waals surface area contributed by atoms with Gasteiger partial charge in [0.15, 0.2) is 11.6 Å². The first kappa shape index (κ1) is 24.4. The summed E-state index contributed by atoms with van der Waals surface area (Å²) in [6.45, 7) is 17.0. The van der Waals surface area contributed by atoms with Crippen LogP contribution >= 0.6 is 0 Å². The number of Topliss-reactive ketones (excluding diaryl/α,β-unsaturated/α-hetero) is 1. The van der Waals surface area contributed by atoms with Crippen molar-refractivity contribution < 1.29 is 19.8 Å². The van der Waals surface area contributed by atoms with Crippen LogP contribution in [-0.4, -0.2) is 33.0 Å². The highest BCUT2D eigenvalue weighted by atomic mass is 16.3. The largest absolute Gasteiger partial charge is 0.382 e. The number of hydrogen-bond acceptors (Lipinski definition) is 4. The van der Waals surface area contributed by atoms with Gasteiger partial charge in [-0.25, -0.2) is 0 Å². The molecule has 0 spiro atoms. The van der Waals surface area contributed by atoms with Crippen molar-refractivity contribution in [3.63, 3.8) is 0 Å². The van der Waals surface area contributed by atoms with Crippen molar-refractivity contribution in [2.24, 2.45) is 45.3 Å². The predicted molar refractivity (Wildman–Crippen MR) is 133 cm³/mol. The second-order valence-electron chi connectivity index (χ2n) is 14.4. The van der Waals surface area contributed by atoms with Gasteiger partial charge < -0.3 is 10.2 Å². The number of hydrogen-bond donors (Lipinski definition) is 2. The third-order valence-corrected chi connectivity index (χ3v) is 12.3. The molecule has 0 aromatic carbocycles. The van der Waals surface area contributed by atoms with Gasteiger partial charge in [0.05, 0.1) is 0 Å². The Kier molecular flexibility index (Phi) is 4.84. The van der Waals surface area contributed by atoms with Gasteiger partial charge in [-0.1, -0.05) is 71.6 Å². The zero-order chi connectivity index (χ0) is 25.3. The number of aliphatic hydroxyl groups is 2. The van der Waals surface area contributed by atoms with Crippen LogP contribution in [-0.2, 0) is 9.59 Å². The monoisotopic (exact) mass is 468 g/mol. The van der Waals surface area contributed by atoms with Crippen LogP contribution in [0.2, 0.25) is 0 Å². The molecule has 2 N–H and O–H groups in total. The van der Waals surface area contributed by atoms with Gasteiger partial charge in [0.2, 0.25) is 0 Å². The van der Waals surface area contributed by atoms with E-state index < -0.39 is 29.0 Å². The van der Waals surface area contributed by atoms with Crippen molar-refractivity contribution in [2.45, 2.75) is 105 Å². The number of fused-ring (bicyclic) bond motifs is 1. The van der Waals surface area contributed by atoms with Crippen LogP contribution in [0, 0.1) is 45.3 Å². The maximum Gasteiger partial charge on any atom is 0.187 e. The summed E-state index contributed by atoms with van der Waals surface area (Å²) in [4.78, 5) is 27.6. The van der Waals surface area contributed by atoms with Gasteiger partial charge in [-0.05, 0) is 67.3 Å². The summed E-state index contributed by atoms with van der Waals surface area (Å²) in [5.41, 5.74) is -1.28.